The highest BCUT2D eigenvalue weighted by Crippen LogP contribution is 2.36. The molecular weight excluding hydrogens is 514 g/mol. The van der Waals surface area contributed by atoms with Crippen molar-refractivity contribution in [1.82, 2.24) is 20.0 Å². The molecular formula is C31H42F2N4O3. The first-order valence-corrected chi connectivity index (χ1v) is 14.4. The molecule has 3 atom stereocenters. The topological polar surface area (TPSA) is 76.1 Å². The Morgan fingerprint density at radius 2 is 1.75 bits per heavy atom. The van der Waals surface area contributed by atoms with Gasteiger partial charge in [-0.25, -0.2) is 13.6 Å². The third-order valence-electron chi connectivity index (χ3n) is 8.49. The van der Waals surface area contributed by atoms with E-state index >= 15 is 0 Å². The number of aliphatic carboxylic acids is 1. The number of amides is 2. The normalized spacial score (nSPS) is 21.4. The van der Waals surface area contributed by atoms with E-state index in [-0.39, 0.29) is 30.5 Å². The minimum absolute atomic E-state index is 0.0247. The van der Waals surface area contributed by atoms with Crippen LogP contribution in [-0.4, -0.2) is 83.2 Å². The van der Waals surface area contributed by atoms with Crippen LogP contribution in [0.2, 0.25) is 0 Å². The standard InChI is InChI=1S/C31H42F2N4O3/c1-4-37(31(40)34-17-22-10-11-27(32)28(33)16-22)25-12-14-35(15-13-25)18-24-19-36(29(21(2)3)30(38)39)20-26(24)23-8-6-5-7-9-23/h5-11,16,21,24-26,29H,4,12-15,17-20H2,1-3H3,(H,34,40)(H,38,39)/t24-,26+,29+/m0/s1. The average molecular weight is 557 g/mol. The Morgan fingerprint density at radius 3 is 2.35 bits per heavy atom. The molecule has 2 N–H and O–H groups in total. The number of likely N-dealkylation sites (tertiary alicyclic amines) is 2. The quantitative estimate of drug-likeness (QED) is 0.440. The number of nitrogens with one attached hydrogen (secondary N) is 1. The Labute approximate surface area is 236 Å². The molecule has 2 aromatic rings. The van der Waals surface area contributed by atoms with Gasteiger partial charge in [0, 0.05) is 57.8 Å². The molecule has 2 aliphatic heterocycles. The summed E-state index contributed by atoms with van der Waals surface area (Å²) >= 11 is 0. The molecule has 0 saturated carbocycles. The van der Waals surface area contributed by atoms with E-state index in [0.717, 1.165) is 57.7 Å². The highest BCUT2D eigenvalue weighted by molar-refractivity contribution is 5.74. The van der Waals surface area contributed by atoms with Crippen molar-refractivity contribution in [1.29, 1.82) is 0 Å². The molecule has 2 amide bonds. The Kier molecular flexibility index (Phi) is 10.1. The number of hydrogen-bond donors (Lipinski definition) is 2. The molecule has 0 bridgehead atoms. The van der Waals surface area contributed by atoms with Gasteiger partial charge < -0.3 is 20.2 Å². The molecule has 0 spiro atoms. The number of urea groups is 1. The van der Waals surface area contributed by atoms with E-state index in [1.54, 1.807) is 0 Å². The summed E-state index contributed by atoms with van der Waals surface area (Å²) in [6.07, 6.45) is 1.70. The van der Waals surface area contributed by atoms with Crippen LogP contribution in [-0.2, 0) is 11.3 Å². The number of hydrogen-bond acceptors (Lipinski definition) is 4. The van der Waals surface area contributed by atoms with Gasteiger partial charge in [0.05, 0.1) is 0 Å². The summed E-state index contributed by atoms with van der Waals surface area (Å²) in [5.74, 6) is -1.97. The highest BCUT2D eigenvalue weighted by atomic mass is 19.2. The maximum atomic E-state index is 13.5. The second-order valence-electron chi connectivity index (χ2n) is 11.5. The summed E-state index contributed by atoms with van der Waals surface area (Å²) in [5.41, 5.74) is 1.77. The predicted octanol–water partition coefficient (Wildman–Crippen LogP) is 4.79. The van der Waals surface area contributed by atoms with Crippen LogP contribution in [0, 0.1) is 23.5 Å². The maximum absolute atomic E-state index is 13.5. The third kappa shape index (κ3) is 7.18. The lowest BCUT2D eigenvalue weighted by atomic mass is 9.88. The number of rotatable bonds is 10. The zero-order valence-electron chi connectivity index (χ0n) is 23.7. The van der Waals surface area contributed by atoms with Crippen molar-refractivity contribution in [2.45, 2.75) is 58.2 Å². The maximum Gasteiger partial charge on any atom is 0.321 e. The number of carboxylic acid groups (broad SMARTS) is 1. The predicted molar refractivity (Wildman–Crippen MR) is 151 cm³/mol. The molecule has 7 nitrogen and oxygen atoms in total. The summed E-state index contributed by atoms with van der Waals surface area (Å²) in [6, 6.07) is 13.5. The highest BCUT2D eigenvalue weighted by Gasteiger charge is 2.41. The van der Waals surface area contributed by atoms with Gasteiger partial charge in [0.2, 0.25) is 0 Å². The van der Waals surface area contributed by atoms with Crippen molar-refractivity contribution in [2.75, 3.05) is 39.3 Å². The van der Waals surface area contributed by atoms with Crippen molar-refractivity contribution < 1.29 is 23.5 Å². The van der Waals surface area contributed by atoms with E-state index in [4.69, 9.17) is 0 Å². The molecule has 40 heavy (non-hydrogen) atoms. The van der Waals surface area contributed by atoms with E-state index < -0.39 is 23.6 Å². The second kappa shape index (κ2) is 13.5. The summed E-state index contributed by atoms with van der Waals surface area (Å²) in [5, 5.41) is 12.8. The van der Waals surface area contributed by atoms with Crippen molar-refractivity contribution in [3.05, 3.63) is 71.3 Å². The molecule has 9 heteroatoms. The number of halogens is 2. The van der Waals surface area contributed by atoms with Crippen LogP contribution in [0.5, 0.6) is 0 Å². The minimum Gasteiger partial charge on any atom is -0.480 e. The fraction of sp³-hybridized carbons (Fsp3) is 0.548. The monoisotopic (exact) mass is 556 g/mol. The largest absolute Gasteiger partial charge is 0.480 e. The van der Waals surface area contributed by atoms with Gasteiger partial charge >= 0.3 is 12.0 Å². The minimum atomic E-state index is -0.922. The van der Waals surface area contributed by atoms with Crippen molar-refractivity contribution >= 4 is 12.0 Å². The van der Waals surface area contributed by atoms with Gasteiger partial charge in [-0.05, 0) is 54.9 Å². The molecule has 2 aliphatic rings. The molecule has 0 radical (unpaired) electrons. The molecule has 2 aromatic carbocycles. The van der Waals surface area contributed by atoms with Gasteiger partial charge in [0.1, 0.15) is 6.04 Å². The fourth-order valence-electron chi connectivity index (χ4n) is 6.50. The Hall–Kier alpha value is -3.04. The fourth-order valence-corrected chi connectivity index (χ4v) is 6.50. The molecule has 2 heterocycles. The smallest absolute Gasteiger partial charge is 0.321 e. The Balaban J connectivity index is 1.35. The summed E-state index contributed by atoms with van der Waals surface area (Å²) in [7, 11) is 0. The average Bonchev–Trinajstić information content (AvgIpc) is 3.33. The van der Waals surface area contributed by atoms with Crippen LogP contribution >= 0.6 is 0 Å². The van der Waals surface area contributed by atoms with Gasteiger partial charge in [-0.1, -0.05) is 50.2 Å². The molecule has 0 aliphatic carbocycles. The van der Waals surface area contributed by atoms with Gasteiger partial charge in [-0.2, -0.15) is 0 Å². The van der Waals surface area contributed by atoms with Crippen LogP contribution < -0.4 is 5.32 Å². The van der Waals surface area contributed by atoms with Crippen LogP contribution in [0.25, 0.3) is 0 Å². The van der Waals surface area contributed by atoms with E-state index in [0.29, 0.717) is 18.0 Å². The van der Waals surface area contributed by atoms with Crippen LogP contribution in [0.15, 0.2) is 48.5 Å². The number of nitrogens with zero attached hydrogens (tertiary/aromatic N) is 3. The second-order valence-corrected chi connectivity index (χ2v) is 11.5. The summed E-state index contributed by atoms with van der Waals surface area (Å²) in [4.78, 5) is 31.5. The van der Waals surface area contributed by atoms with Crippen molar-refractivity contribution in [3.8, 4) is 0 Å². The number of piperidine rings is 1. The zero-order chi connectivity index (χ0) is 28.8. The number of carbonyl (C=O) groups is 2. The number of carbonyl (C=O) groups excluding carboxylic acids is 1. The van der Waals surface area contributed by atoms with Crippen LogP contribution in [0.4, 0.5) is 13.6 Å². The molecule has 2 saturated heterocycles. The SMILES string of the molecule is CCN(C(=O)NCc1ccc(F)c(F)c1)C1CCN(C[C@H]2CN([C@@H](C(=O)O)C(C)C)C[C@@H]2c2ccccc2)CC1. The summed E-state index contributed by atoms with van der Waals surface area (Å²) in [6.45, 7) is 10.7. The van der Waals surface area contributed by atoms with Gasteiger partial charge in [0.15, 0.2) is 11.6 Å². The van der Waals surface area contributed by atoms with E-state index in [1.165, 1.54) is 11.6 Å². The zero-order valence-corrected chi connectivity index (χ0v) is 23.7. The molecule has 4 rings (SSSR count). The first-order valence-electron chi connectivity index (χ1n) is 14.4. The molecule has 0 aromatic heterocycles. The molecule has 218 valence electrons. The Bertz CT molecular complexity index is 1140. The molecule has 2 fully saturated rings. The lowest BCUT2D eigenvalue weighted by molar-refractivity contribution is -0.144. The van der Waals surface area contributed by atoms with Crippen LogP contribution in [0.1, 0.15) is 50.7 Å². The van der Waals surface area contributed by atoms with Gasteiger partial charge in [-0.3, -0.25) is 9.69 Å². The number of carboxylic acids is 1. The summed E-state index contributed by atoms with van der Waals surface area (Å²) < 4.78 is 26.7. The third-order valence-corrected chi connectivity index (χ3v) is 8.49. The van der Waals surface area contributed by atoms with E-state index in [1.807, 2.05) is 31.7 Å². The van der Waals surface area contributed by atoms with Gasteiger partial charge in [0.25, 0.3) is 0 Å². The van der Waals surface area contributed by atoms with Crippen LogP contribution in [0.3, 0.4) is 0 Å². The van der Waals surface area contributed by atoms with Crippen molar-refractivity contribution in [2.24, 2.45) is 11.8 Å². The first-order chi connectivity index (χ1) is 19.2. The lowest BCUT2D eigenvalue weighted by Gasteiger charge is -2.39. The first kappa shape index (κ1) is 29.9. The lowest BCUT2D eigenvalue weighted by Crippen LogP contribution is -2.51. The van der Waals surface area contributed by atoms with E-state index in [2.05, 4.69) is 39.4 Å². The van der Waals surface area contributed by atoms with Gasteiger partial charge in [-0.15, -0.1) is 0 Å². The van der Waals surface area contributed by atoms with E-state index in [9.17, 15) is 23.5 Å². The Morgan fingerprint density at radius 1 is 1.05 bits per heavy atom. The number of benzene rings is 2. The molecule has 0 unspecified atom stereocenters. The van der Waals surface area contributed by atoms with Crippen molar-refractivity contribution in [3.63, 3.8) is 0 Å².